The molecule has 5 heteroatoms. The predicted octanol–water partition coefficient (Wildman–Crippen LogP) is 3.45. The number of phenols is 1. The number of aliphatic imine (C=N–C) groups is 1. The van der Waals surface area contributed by atoms with Gasteiger partial charge >= 0.3 is 0 Å². The van der Waals surface area contributed by atoms with Crippen molar-refractivity contribution in [3.05, 3.63) is 53.1 Å². The first-order valence-corrected chi connectivity index (χ1v) is 8.27. The zero-order valence-electron chi connectivity index (χ0n) is 14.3. The van der Waals surface area contributed by atoms with Gasteiger partial charge in [-0.05, 0) is 54.3 Å². The lowest BCUT2D eigenvalue weighted by Crippen LogP contribution is -2.16. The average Bonchev–Trinajstić information content (AvgIpc) is 2.62. The van der Waals surface area contributed by atoms with Gasteiger partial charge in [-0.3, -0.25) is 4.99 Å². The number of carbonyl (C=O) groups is 1. The maximum Gasteiger partial charge on any atom is 0.160 e. The topological polar surface area (TPSA) is 68.1 Å². The van der Waals surface area contributed by atoms with Crippen molar-refractivity contribution in [1.29, 1.82) is 0 Å². The summed E-state index contributed by atoms with van der Waals surface area (Å²) in [5.41, 5.74) is 2.76. The third-order valence-corrected chi connectivity index (χ3v) is 4.31. The third kappa shape index (κ3) is 3.50. The van der Waals surface area contributed by atoms with Crippen LogP contribution >= 0.6 is 0 Å². The van der Waals surface area contributed by atoms with Gasteiger partial charge in [0.25, 0.3) is 0 Å². The van der Waals surface area contributed by atoms with Crippen molar-refractivity contribution in [2.75, 3.05) is 13.7 Å². The van der Waals surface area contributed by atoms with Gasteiger partial charge in [0.1, 0.15) is 12.0 Å². The average molecular weight is 339 g/mol. The molecule has 2 aromatic carbocycles. The van der Waals surface area contributed by atoms with E-state index >= 15 is 0 Å². The van der Waals surface area contributed by atoms with Crippen LogP contribution < -0.4 is 9.47 Å². The highest BCUT2D eigenvalue weighted by molar-refractivity contribution is 5.90. The molecule has 2 atom stereocenters. The molecule has 1 aliphatic rings. The van der Waals surface area contributed by atoms with Crippen molar-refractivity contribution in [3.8, 4) is 17.2 Å². The standard InChI is InChI=1S/C20H21NO4/c1-3-25-15-6-4-5-13(7-15)8-18-17-10-20(24-2)19(23)9-16(17)14(12-22)11-21-18/h4-7,9-12,14,18,23H,3,8H2,1-2H3. The molecule has 0 saturated carbocycles. The molecular weight excluding hydrogens is 318 g/mol. The number of nitrogens with zero attached hydrogens (tertiary/aromatic N) is 1. The summed E-state index contributed by atoms with van der Waals surface area (Å²) in [6.45, 7) is 2.57. The Labute approximate surface area is 146 Å². The highest BCUT2D eigenvalue weighted by Gasteiger charge is 2.26. The number of hydrogen-bond acceptors (Lipinski definition) is 5. The van der Waals surface area contributed by atoms with E-state index in [0.29, 0.717) is 18.8 Å². The second-order valence-corrected chi connectivity index (χ2v) is 5.91. The molecule has 0 aromatic heterocycles. The van der Waals surface area contributed by atoms with Gasteiger partial charge in [-0.1, -0.05) is 12.1 Å². The van der Waals surface area contributed by atoms with E-state index in [0.717, 1.165) is 28.7 Å². The normalized spacial score (nSPS) is 18.5. The Morgan fingerprint density at radius 1 is 1.24 bits per heavy atom. The molecule has 0 amide bonds. The maximum absolute atomic E-state index is 11.3. The fraction of sp³-hybridized carbons (Fsp3) is 0.300. The van der Waals surface area contributed by atoms with Crippen molar-refractivity contribution >= 4 is 12.5 Å². The number of phenolic OH excluding ortho intramolecular Hbond substituents is 1. The quantitative estimate of drug-likeness (QED) is 0.819. The van der Waals surface area contributed by atoms with Gasteiger partial charge < -0.3 is 19.4 Å². The van der Waals surface area contributed by atoms with Crippen LogP contribution in [0.3, 0.4) is 0 Å². The lowest BCUT2D eigenvalue weighted by atomic mass is 9.86. The molecule has 3 rings (SSSR count). The molecule has 5 nitrogen and oxygen atoms in total. The molecule has 25 heavy (non-hydrogen) atoms. The van der Waals surface area contributed by atoms with E-state index < -0.39 is 5.92 Å². The SMILES string of the molecule is CCOc1cccc(CC2N=CC(C=O)c3cc(O)c(OC)cc32)c1. The smallest absolute Gasteiger partial charge is 0.160 e. The Bertz CT molecular complexity index is 800. The summed E-state index contributed by atoms with van der Waals surface area (Å²) >= 11 is 0. The molecule has 0 fully saturated rings. The minimum absolute atomic E-state index is 0.0282. The van der Waals surface area contributed by atoms with E-state index in [4.69, 9.17) is 9.47 Å². The van der Waals surface area contributed by atoms with Crippen LogP contribution in [0.2, 0.25) is 0 Å². The molecule has 0 spiro atoms. The third-order valence-electron chi connectivity index (χ3n) is 4.31. The molecule has 130 valence electrons. The zero-order valence-corrected chi connectivity index (χ0v) is 14.3. The van der Waals surface area contributed by atoms with Crippen LogP contribution in [0.25, 0.3) is 0 Å². The summed E-state index contributed by atoms with van der Waals surface area (Å²) < 4.78 is 10.8. The van der Waals surface area contributed by atoms with Gasteiger partial charge in [0.15, 0.2) is 11.5 Å². The number of fused-ring (bicyclic) bond motifs is 1. The zero-order chi connectivity index (χ0) is 17.8. The van der Waals surface area contributed by atoms with E-state index in [9.17, 15) is 9.90 Å². The second-order valence-electron chi connectivity index (χ2n) is 5.91. The Morgan fingerprint density at radius 2 is 2.08 bits per heavy atom. The number of methoxy groups -OCH3 is 1. The van der Waals surface area contributed by atoms with Crippen LogP contribution in [0.4, 0.5) is 0 Å². The van der Waals surface area contributed by atoms with Gasteiger partial charge in [0.05, 0.1) is 25.7 Å². The van der Waals surface area contributed by atoms with Gasteiger partial charge in [-0.15, -0.1) is 0 Å². The number of aldehydes is 1. The molecule has 1 N–H and O–H groups in total. The van der Waals surface area contributed by atoms with Crippen molar-refractivity contribution in [1.82, 2.24) is 0 Å². The van der Waals surface area contributed by atoms with Crippen LogP contribution in [-0.2, 0) is 11.2 Å². The molecule has 2 aromatic rings. The molecule has 0 saturated heterocycles. The molecule has 1 heterocycles. The van der Waals surface area contributed by atoms with Crippen molar-refractivity contribution in [2.45, 2.75) is 25.3 Å². The highest BCUT2D eigenvalue weighted by Crippen LogP contribution is 2.39. The predicted molar refractivity (Wildman–Crippen MR) is 96.0 cm³/mol. The first-order valence-electron chi connectivity index (χ1n) is 8.27. The van der Waals surface area contributed by atoms with E-state index in [1.807, 2.05) is 31.2 Å². The number of rotatable bonds is 6. The minimum Gasteiger partial charge on any atom is -0.504 e. The van der Waals surface area contributed by atoms with Crippen LogP contribution in [0.1, 0.15) is 35.6 Å². The van der Waals surface area contributed by atoms with Crippen molar-refractivity contribution < 1.29 is 19.4 Å². The molecule has 0 aliphatic carbocycles. The first kappa shape index (κ1) is 17.0. The van der Waals surface area contributed by atoms with E-state index in [2.05, 4.69) is 4.99 Å². The van der Waals surface area contributed by atoms with Crippen LogP contribution in [0.5, 0.6) is 17.2 Å². The van der Waals surface area contributed by atoms with Gasteiger partial charge in [-0.2, -0.15) is 0 Å². The Balaban J connectivity index is 1.95. The van der Waals surface area contributed by atoms with Gasteiger partial charge in [-0.25, -0.2) is 0 Å². The summed E-state index contributed by atoms with van der Waals surface area (Å²) in [6, 6.07) is 11.1. The van der Waals surface area contributed by atoms with Crippen LogP contribution in [-0.4, -0.2) is 31.3 Å². The molecular formula is C20H21NO4. The van der Waals surface area contributed by atoms with E-state index in [1.54, 1.807) is 18.3 Å². The second kappa shape index (κ2) is 7.38. The Hall–Kier alpha value is -2.82. The molecule has 1 aliphatic heterocycles. The maximum atomic E-state index is 11.3. The summed E-state index contributed by atoms with van der Waals surface area (Å²) in [5, 5.41) is 10.0. The monoisotopic (exact) mass is 339 g/mol. The van der Waals surface area contributed by atoms with Crippen LogP contribution in [0, 0.1) is 0 Å². The number of hydrogen-bond donors (Lipinski definition) is 1. The number of aromatic hydroxyl groups is 1. The first-order chi connectivity index (χ1) is 12.2. The molecule has 0 bridgehead atoms. The fourth-order valence-electron chi connectivity index (χ4n) is 3.12. The Kier molecular flexibility index (Phi) is 5.03. The van der Waals surface area contributed by atoms with E-state index in [-0.39, 0.29) is 11.8 Å². The van der Waals surface area contributed by atoms with Crippen LogP contribution in [0.15, 0.2) is 41.4 Å². The number of carbonyl (C=O) groups excluding carboxylic acids is 1. The summed E-state index contributed by atoms with van der Waals surface area (Å²) in [7, 11) is 1.51. The molecule has 0 radical (unpaired) electrons. The summed E-state index contributed by atoms with van der Waals surface area (Å²) in [4.78, 5) is 15.9. The Morgan fingerprint density at radius 3 is 2.80 bits per heavy atom. The lowest BCUT2D eigenvalue weighted by molar-refractivity contribution is -0.107. The van der Waals surface area contributed by atoms with Crippen molar-refractivity contribution in [3.63, 3.8) is 0 Å². The minimum atomic E-state index is -0.446. The fourth-order valence-corrected chi connectivity index (χ4v) is 3.12. The number of ether oxygens (including phenoxy) is 2. The summed E-state index contributed by atoms with van der Waals surface area (Å²) in [6.07, 6.45) is 3.16. The lowest BCUT2D eigenvalue weighted by Gasteiger charge is -2.25. The largest absolute Gasteiger partial charge is 0.504 e. The van der Waals surface area contributed by atoms with Gasteiger partial charge in [0.2, 0.25) is 0 Å². The van der Waals surface area contributed by atoms with Crippen molar-refractivity contribution in [2.24, 2.45) is 4.99 Å². The highest BCUT2D eigenvalue weighted by atomic mass is 16.5. The molecule has 2 unspecified atom stereocenters. The van der Waals surface area contributed by atoms with E-state index in [1.165, 1.54) is 7.11 Å². The van der Waals surface area contributed by atoms with Gasteiger partial charge in [0, 0.05) is 6.21 Å². The summed E-state index contributed by atoms with van der Waals surface area (Å²) in [5.74, 6) is 0.793. The number of benzene rings is 2.